The van der Waals surface area contributed by atoms with Crippen molar-refractivity contribution < 1.29 is 9.47 Å². The van der Waals surface area contributed by atoms with E-state index in [4.69, 9.17) is 9.47 Å². The molecular formula is C20H22N2O2. The molecule has 2 rings (SSSR count). The number of aromatic nitrogens is 1. The fraction of sp³-hybridized carbons (Fsp3) is 0.300. The van der Waals surface area contributed by atoms with Gasteiger partial charge in [-0.25, -0.2) is 0 Å². The van der Waals surface area contributed by atoms with Crippen LogP contribution in [-0.4, -0.2) is 18.7 Å². The molecule has 0 bridgehead atoms. The van der Waals surface area contributed by atoms with Crippen LogP contribution in [0.15, 0.2) is 42.6 Å². The maximum atomic E-state index is 9.38. The number of rotatable bonds is 7. The number of pyridine rings is 1. The first-order valence-corrected chi connectivity index (χ1v) is 7.98. The van der Waals surface area contributed by atoms with Gasteiger partial charge in [-0.1, -0.05) is 26.0 Å². The average Bonchev–Trinajstić information content (AvgIpc) is 2.61. The van der Waals surface area contributed by atoms with E-state index in [-0.39, 0.29) is 0 Å². The summed E-state index contributed by atoms with van der Waals surface area (Å²) in [5.74, 6) is 1.97. The third-order valence-electron chi connectivity index (χ3n) is 3.51. The van der Waals surface area contributed by atoms with E-state index in [1.54, 1.807) is 19.4 Å². The standard InChI is InChI=1S/C20H22N2O2/c1-15(2)9-11-24-19-8-7-16(13-20(19)23-3)12-17(14-21)18-6-4-5-10-22-18/h4-8,10,12-13,15H,9,11H2,1-3H3/b17-12+. The Labute approximate surface area is 143 Å². The molecule has 4 heteroatoms. The first kappa shape index (κ1) is 17.6. The third-order valence-corrected chi connectivity index (χ3v) is 3.51. The van der Waals surface area contributed by atoms with Crippen LogP contribution in [0.25, 0.3) is 11.6 Å². The van der Waals surface area contributed by atoms with Gasteiger partial charge < -0.3 is 9.47 Å². The maximum Gasteiger partial charge on any atom is 0.161 e. The fourth-order valence-electron chi connectivity index (χ4n) is 2.15. The minimum atomic E-state index is 0.506. The van der Waals surface area contributed by atoms with E-state index in [2.05, 4.69) is 24.9 Å². The van der Waals surface area contributed by atoms with E-state index in [9.17, 15) is 5.26 Å². The van der Waals surface area contributed by atoms with E-state index in [0.29, 0.717) is 35.3 Å². The molecule has 124 valence electrons. The van der Waals surface area contributed by atoms with Gasteiger partial charge in [0, 0.05) is 6.20 Å². The van der Waals surface area contributed by atoms with E-state index in [1.807, 2.05) is 36.4 Å². The molecule has 2 aromatic rings. The fourth-order valence-corrected chi connectivity index (χ4v) is 2.15. The lowest BCUT2D eigenvalue weighted by Crippen LogP contribution is -2.02. The van der Waals surface area contributed by atoms with Crippen molar-refractivity contribution in [3.8, 4) is 17.6 Å². The highest BCUT2D eigenvalue weighted by atomic mass is 16.5. The highest BCUT2D eigenvalue weighted by Gasteiger charge is 2.07. The average molecular weight is 322 g/mol. The van der Waals surface area contributed by atoms with Gasteiger partial charge in [-0.05, 0) is 48.2 Å². The Morgan fingerprint density at radius 2 is 2.08 bits per heavy atom. The zero-order chi connectivity index (χ0) is 17.4. The van der Waals surface area contributed by atoms with Gasteiger partial charge in [0.25, 0.3) is 0 Å². The van der Waals surface area contributed by atoms with Crippen LogP contribution >= 0.6 is 0 Å². The first-order chi connectivity index (χ1) is 11.6. The van der Waals surface area contributed by atoms with Crippen molar-refractivity contribution in [3.63, 3.8) is 0 Å². The maximum absolute atomic E-state index is 9.38. The molecule has 0 atom stereocenters. The second-order valence-electron chi connectivity index (χ2n) is 5.83. The van der Waals surface area contributed by atoms with Crippen LogP contribution in [-0.2, 0) is 0 Å². The molecule has 24 heavy (non-hydrogen) atoms. The van der Waals surface area contributed by atoms with Crippen LogP contribution in [0.4, 0.5) is 0 Å². The van der Waals surface area contributed by atoms with Crippen molar-refractivity contribution in [2.24, 2.45) is 5.92 Å². The van der Waals surface area contributed by atoms with E-state index in [1.165, 1.54) is 0 Å². The van der Waals surface area contributed by atoms with Gasteiger partial charge >= 0.3 is 0 Å². The predicted octanol–water partition coefficient (Wildman–Crippen LogP) is 4.58. The molecule has 1 aromatic heterocycles. The van der Waals surface area contributed by atoms with Crippen LogP contribution in [0.2, 0.25) is 0 Å². The quantitative estimate of drug-likeness (QED) is 0.700. The van der Waals surface area contributed by atoms with E-state index in [0.717, 1.165) is 12.0 Å². The molecule has 0 amide bonds. The monoisotopic (exact) mass is 322 g/mol. The number of nitrogens with zero attached hydrogens (tertiary/aromatic N) is 2. The van der Waals surface area contributed by atoms with Crippen molar-refractivity contribution in [1.29, 1.82) is 5.26 Å². The Hall–Kier alpha value is -2.80. The van der Waals surface area contributed by atoms with Gasteiger partial charge in [0.1, 0.15) is 6.07 Å². The summed E-state index contributed by atoms with van der Waals surface area (Å²) in [6, 6.07) is 13.3. The smallest absolute Gasteiger partial charge is 0.161 e. The van der Waals surface area contributed by atoms with Crippen molar-refractivity contribution in [3.05, 3.63) is 53.9 Å². The van der Waals surface area contributed by atoms with Crippen LogP contribution in [0.5, 0.6) is 11.5 Å². The molecule has 0 aliphatic rings. The van der Waals surface area contributed by atoms with Crippen LogP contribution in [0.1, 0.15) is 31.5 Å². The Morgan fingerprint density at radius 1 is 1.25 bits per heavy atom. The second-order valence-corrected chi connectivity index (χ2v) is 5.83. The normalized spacial score (nSPS) is 11.2. The van der Waals surface area contributed by atoms with Crippen molar-refractivity contribution in [2.75, 3.05) is 13.7 Å². The lowest BCUT2D eigenvalue weighted by Gasteiger charge is -2.12. The summed E-state index contributed by atoms with van der Waals surface area (Å²) >= 11 is 0. The summed E-state index contributed by atoms with van der Waals surface area (Å²) in [5, 5.41) is 9.38. The third kappa shape index (κ3) is 4.85. The Bertz CT molecular complexity index is 731. The SMILES string of the molecule is COc1cc(/C=C(\C#N)c2ccccn2)ccc1OCCC(C)C. The summed E-state index contributed by atoms with van der Waals surface area (Å²) < 4.78 is 11.2. The minimum absolute atomic E-state index is 0.506. The molecule has 4 nitrogen and oxygen atoms in total. The molecule has 0 fully saturated rings. The molecule has 0 aliphatic carbocycles. The largest absolute Gasteiger partial charge is 0.493 e. The van der Waals surface area contributed by atoms with Crippen molar-refractivity contribution >= 4 is 11.6 Å². The predicted molar refractivity (Wildman–Crippen MR) is 95.7 cm³/mol. The van der Waals surface area contributed by atoms with Crippen LogP contribution in [0.3, 0.4) is 0 Å². The van der Waals surface area contributed by atoms with Gasteiger partial charge in [0.2, 0.25) is 0 Å². The van der Waals surface area contributed by atoms with Crippen molar-refractivity contribution in [1.82, 2.24) is 4.98 Å². The summed E-state index contributed by atoms with van der Waals surface area (Å²) in [7, 11) is 1.61. The molecule has 0 radical (unpaired) electrons. The number of ether oxygens (including phenoxy) is 2. The second kappa shape index (κ2) is 8.73. The van der Waals surface area contributed by atoms with Gasteiger partial charge in [0.15, 0.2) is 11.5 Å². The zero-order valence-corrected chi connectivity index (χ0v) is 14.3. The van der Waals surface area contributed by atoms with Gasteiger partial charge in [0.05, 0.1) is 25.0 Å². The molecular weight excluding hydrogens is 300 g/mol. The van der Waals surface area contributed by atoms with E-state index < -0.39 is 0 Å². The Morgan fingerprint density at radius 3 is 2.71 bits per heavy atom. The molecule has 0 saturated carbocycles. The first-order valence-electron chi connectivity index (χ1n) is 7.98. The number of benzene rings is 1. The molecule has 1 heterocycles. The van der Waals surface area contributed by atoms with E-state index >= 15 is 0 Å². The summed E-state index contributed by atoms with van der Waals surface area (Å²) in [6.07, 6.45) is 4.46. The van der Waals surface area contributed by atoms with Crippen molar-refractivity contribution in [2.45, 2.75) is 20.3 Å². The number of nitriles is 1. The summed E-state index contributed by atoms with van der Waals surface area (Å²) in [5.41, 5.74) is 2.02. The highest BCUT2D eigenvalue weighted by Crippen LogP contribution is 2.30. The highest BCUT2D eigenvalue weighted by molar-refractivity contribution is 5.88. The topological polar surface area (TPSA) is 55.1 Å². The Kier molecular flexibility index (Phi) is 6.39. The molecule has 0 unspecified atom stereocenters. The zero-order valence-electron chi connectivity index (χ0n) is 14.3. The number of methoxy groups -OCH3 is 1. The number of allylic oxidation sites excluding steroid dienone is 1. The number of hydrogen-bond acceptors (Lipinski definition) is 4. The van der Waals surface area contributed by atoms with Gasteiger partial charge in [-0.3, -0.25) is 4.98 Å². The lowest BCUT2D eigenvalue weighted by molar-refractivity contribution is 0.273. The van der Waals surface area contributed by atoms with Gasteiger partial charge in [-0.15, -0.1) is 0 Å². The van der Waals surface area contributed by atoms with Crippen LogP contribution < -0.4 is 9.47 Å². The molecule has 0 N–H and O–H groups in total. The summed E-state index contributed by atoms with van der Waals surface area (Å²) in [4.78, 5) is 4.22. The van der Waals surface area contributed by atoms with Crippen LogP contribution in [0, 0.1) is 17.2 Å². The molecule has 0 aliphatic heterocycles. The molecule has 0 spiro atoms. The minimum Gasteiger partial charge on any atom is -0.493 e. The number of hydrogen-bond donors (Lipinski definition) is 0. The summed E-state index contributed by atoms with van der Waals surface area (Å²) in [6.45, 7) is 4.98. The molecule has 0 saturated heterocycles. The van der Waals surface area contributed by atoms with Gasteiger partial charge in [-0.2, -0.15) is 5.26 Å². The lowest BCUT2D eigenvalue weighted by atomic mass is 10.1. The Balaban J connectivity index is 2.22. The molecule has 1 aromatic carbocycles.